The summed E-state index contributed by atoms with van der Waals surface area (Å²) in [6.45, 7) is 5.75. The Bertz CT molecular complexity index is 574. The minimum absolute atomic E-state index is 0. The van der Waals surface area contributed by atoms with Crippen LogP contribution in [0.2, 0.25) is 5.02 Å². The van der Waals surface area contributed by atoms with Crippen LogP contribution in [-0.4, -0.2) is 0 Å². The van der Waals surface area contributed by atoms with Crippen LogP contribution in [0.1, 0.15) is 77.7 Å². The lowest BCUT2D eigenvalue weighted by Gasteiger charge is -2.38. The Morgan fingerprint density at radius 3 is 2.25 bits per heavy atom. The molecule has 24 heavy (non-hydrogen) atoms. The predicted octanol–water partition coefficient (Wildman–Crippen LogP) is 7.94. The highest BCUT2D eigenvalue weighted by molar-refractivity contribution is 6.31. The van der Waals surface area contributed by atoms with Crippen molar-refractivity contribution in [1.82, 2.24) is 0 Å². The molecule has 0 aliphatic heterocycles. The summed E-state index contributed by atoms with van der Waals surface area (Å²) in [6, 6.07) is 3.93. The normalized spacial score (nSPS) is 31.0. The Balaban J connectivity index is 0.00000169. The van der Waals surface area contributed by atoms with E-state index in [4.69, 9.17) is 11.6 Å². The predicted molar refractivity (Wildman–Crippen MR) is 105 cm³/mol. The molecular formula is C22H34ClF. The van der Waals surface area contributed by atoms with Crippen molar-refractivity contribution in [2.75, 3.05) is 0 Å². The van der Waals surface area contributed by atoms with Gasteiger partial charge in [0, 0.05) is 2.85 Å². The van der Waals surface area contributed by atoms with Crippen LogP contribution >= 0.6 is 11.6 Å². The summed E-state index contributed by atoms with van der Waals surface area (Å²) >= 11 is 6.11. The fourth-order valence-corrected chi connectivity index (χ4v) is 5.18. The molecule has 0 heterocycles. The molecule has 2 aliphatic carbocycles. The molecule has 2 saturated carbocycles. The van der Waals surface area contributed by atoms with E-state index in [1.54, 1.807) is 0 Å². The maximum absolute atomic E-state index is 14.5. The van der Waals surface area contributed by atoms with Crippen LogP contribution in [0, 0.1) is 30.5 Å². The maximum atomic E-state index is 14.5. The molecule has 1 aromatic rings. The van der Waals surface area contributed by atoms with E-state index >= 15 is 0 Å². The van der Waals surface area contributed by atoms with Gasteiger partial charge in [-0.15, -0.1) is 6.58 Å². The van der Waals surface area contributed by atoms with Crippen LogP contribution < -0.4 is 0 Å². The smallest absolute Gasteiger partial charge is 0.145 e. The van der Waals surface area contributed by atoms with Gasteiger partial charge in [-0.05, 0) is 99.5 Å². The number of rotatable bonds is 4. The Morgan fingerprint density at radius 2 is 1.67 bits per heavy atom. The summed E-state index contributed by atoms with van der Waals surface area (Å²) in [4.78, 5) is 0. The minimum Gasteiger partial charge on any atom is -0.205 e. The fraction of sp³-hybridized carbons (Fsp3) is 0.636. The summed E-state index contributed by atoms with van der Waals surface area (Å²) in [5, 5.41) is 0.315. The third kappa shape index (κ3) is 3.87. The third-order valence-electron chi connectivity index (χ3n) is 6.58. The van der Waals surface area contributed by atoms with E-state index in [1.165, 1.54) is 44.9 Å². The van der Waals surface area contributed by atoms with Crippen molar-refractivity contribution in [3.63, 3.8) is 0 Å². The minimum atomic E-state index is -0.176. The van der Waals surface area contributed by atoms with E-state index in [0.717, 1.165) is 41.7 Å². The van der Waals surface area contributed by atoms with Gasteiger partial charge in [0.1, 0.15) is 5.82 Å². The van der Waals surface area contributed by atoms with Crippen LogP contribution in [0.25, 0.3) is 0 Å². The summed E-state index contributed by atoms with van der Waals surface area (Å²) < 4.78 is 14.5. The van der Waals surface area contributed by atoms with Gasteiger partial charge in [0.15, 0.2) is 0 Å². The van der Waals surface area contributed by atoms with Gasteiger partial charge in [-0.1, -0.05) is 29.8 Å². The third-order valence-corrected chi connectivity index (χ3v) is 7.04. The summed E-state index contributed by atoms with van der Waals surface area (Å²) in [7, 11) is 0. The van der Waals surface area contributed by atoms with E-state index in [9.17, 15) is 4.39 Å². The molecule has 2 fully saturated rings. The summed E-state index contributed by atoms with van der Waals surface area (Å²) in [5.74, 6) is 2.81. The molecule has 0 radical (unpaired) electrons. The van der Waals surface area contributed by atoms with E-state index in [-0.39, 0.29) is 8.67 Å². The molecule has 0 amide bonds. The average molecular weight is 353 g/mol. The van der Waals surface area contributed by atoms with Gasteiger partial charge in [-0.25, -0.2) is 4.39 Å². The quantitative estimate of drug-likeness (QED) is 0.482. The highest BCUT2D eigenvalue weighted by Crippen LogP contribution is 2.45. The standard InChI is InChI=1S/C22H30ClF.2H2/c1-3-4-16-6-8-17(9-7-16)18-10-12-19(13-11-18)20-14-5-15(2)21(23)22(20)24;;/h3,5,14,16-19H,1,4,6-13H2,2H3;2*1H. The molecule has 0 saturated heterocycles. The zero-order valence-electron chi connectivity index (χ0n) is 14.9. The number of benzene rings is 1. The molecular weight excluding hydrogens is 319 g/mol. The molecule has 0 bridgehead atoms. The largest absolute Gasteiger partial charge is 0.205 e. The number of hydrogen-bond acceptors (Lipinski definition) is 0. The number of halogens is 2. The topological polar surface area (TPSA) is 0 Å². The number of aryl methyl sites for hydroxylation is 1. The van der Waals surface area contributed by atoms with Crippen LogP contribution in [0.3, 0.4) is 0 Å². The SMILES string of the molecule is C=CCC1CCC(C2CCC(c3ccc(C)c(Cl)c3F)CC2)CC1.[HH].[HH]. The van der Waals surface area contributed by atoms with Crippen LogP contribution in [0.4, 0.5) is 4.39 Å². The second-order valence-electron chi connectivity index (χ2n) is 8.02. The fourth-order valence-electron chi connectivity index (χ4n) is 5.01. The lowest BCUT2D eigenvalue weighted by atomic mass is 9.68. The van der Waals surface area contributed by atoms with Crippen molar-refractivity contribution in [3.8, 4) is 0 Å². The lowest BCUT2D eigenvalue weighted by Crippen LogP contribution is -2.25. The number of hydrogen-bond donors (Lipinski definition) is 0. The van der Waals surface area contributed by atoms with Gasteiger partial charge in [0.05, 0.1) is 5.02 Å². The Morgan fingerprint density at radius 1 is 1.08 bits per heavy atom. The first-order valence-electron chi connectivity index (χ1n) is 9.65. The lowest BCUT2D eigenvalue weighted by molar-refractivity contribution is 0.160. The molecule has 0 unspecified atom stereocenters. The van der Waals surface area contributed by atoms with Crippen molar-refractivity contribution in [2.24, 2.45) is 17.8 Å². The van der Waals surface area contributed by atoms with Crippen molar-refractivity contribution in [1.29, 1.82) is 0 Å². The monoisotopic (exact) mass is 352 g/mol. The Kier molecular flexibility index (Phi) is 6.02. The molecule has 2 aliphatic rings. The highest BCUT2D eigenvalue weighted by atomic mass is 35.5. The van der Waals surface area contributed by atoms with Crippen LogP contribution in [0.15, 0.2) is 24.8 Å². The van der Waals surface area contributed by atoms with E-state index in [1.807, 2.05) is 19.1 Å². The summed E-state index contributed by atoms with van der Waals surface area (Å²) in [5.41, 5.74) is 1.68. The first-order valence-corrected chi connectivity index (χ1v) is 10.0. The van der Waals surface area contributed by atoms with Crippen molar-refractivity contribution < 1.29 is 7.24 Å². The zero-order chi connectivity index (χ0) is 17.1. The van der Waals surface area contributed by atoms with Gasteiger partial charge < -0.3 is 0 Å². The van der Waals surface area contributed by atoms with E-state index in [0.29, 0.717) is 10.9 Å². The highest BCUT2D eigenvalue weighted by Gasteiger charge is 2.32. The Labute approximate surface area is 154 Å². The molecule has 0 spiro atoms. The van der Waals surface area contributed by atoms with Crippen molar-refractivity contribution >= 4 is 11.6 Å². The molecule has 0 N–H and O–H groups in total. The van der Waals surface area contributed by atoms with Crippen LogP contribution in [0.5, 0.6) is 0 Å². The van der Waals surface area contributed by atoms with Crippen LogP contribution in [-0.2, 0) is 0 Å². The Hall–Kier alpha value is -0.820. The molecule has 2 heteroatoms. The molecule has 0 nitrogen and oxygen atoms in total. The van der Waals surface area contributed by atoms with Crippen molar-refractivity contribution in [3.05, 3.63) is 46.8 Å². The second kappa shape index (κ2) is 8.04. The molecule has 3 rings (SSSR count). The van der Waals surface area contributed by atoms with Gasteiger partial charge in [0.2, 0.25) is 0 Å². The average Bonchev–Trinajstić information content (AvgIpc) is 2.61. The van der Waals surface area contributed by atoms with E-state index in [2.05, 4.69) is 12.7 Å². The molecule has 136 valence electrons. The maximum Gasteiger partial charge on any atom is 0.145 e. The summed E-state index contributed by atoms with van der Waals surface area (Å²) in [6.07, 6.45) is 13.5. The first-order chi connectivity index (χ1) is 11.6. The molecule has 0 atom stereocenters. The molecule has 0 aromatic heterocycles. The van der Waals surface area contributed by atoms with Gasteiger partial charge >= 0.3 is 0 Å². The zero-order valence-corrected chi connectivity index (χ0v) is 15.6. The van der Waals surface area contributed by atoms with Gasteiger partial charge in [0.25, 0.3) is 0 Å². The molecule has 1 aromatic carbocycles. The van der Waals surface area contributed by atoms with Gasteiger partial charge in [-0.3, -0.25) is 0 Å². The van der Waals surface area contributed by atoms with Gasteiger partial charge in [-0.2, -0.15) is 0 Å². The van der Waals surface area contributed by atoms with E-state index < -0.39 is 0 Å². The number of allylic oxidation sites excluding steroid dienone is 1. The first kappa shape index (κ1) is 18.0. The second-order valence-corrected chi connectivity index (χ2v) is 8.39. The van der Waals surface area contributed by atoms with Crippen molar-refractivity contribution in [2.45, 2.75) is 70.6 Å².